The van der Waals surface area contributed by atoms with Crippen LogP contribution in [0.4, 0.5) is 5.00 Å². The van der Waals surface area contributed by atoms with Gasteiger partial charge in [-0.25, -0.2) is 0 Å². The minimum atomic E-state index is -0.448. The molecule has 2 heterocycles. The van der Waals surface area contributed by atoms with Gasteiger partial charge >= 0.3 is 0 Å². The van der Waals surface area contributed by atoms with Crippen LogP contribution < -0.4 is 16.0 Å². The maximum Gasteiger partial charge on any atom is 0.252 e. The van der Waals surface area contributed by atoms with Gasteiger partial charge in [-0.3, -0.25) is 9.59 Å². The standard InChI is InChI=1S/C19H23N3O2S/c1-2-22-11-10-14-15(12-22)25-19(17(14)18(20)24)21-16(23)9-8-13-6-4-3-5-7-13/h3-7H,2,8-12H2,1H3,(H2,20,24)(H,21,23)/p+1. The number of hydrogen-bond acceptors (Lipinski definition) is 3. The van der Waals surface area contributed by atoms with Crippen LogP contribution in [-0.2, 0) is 24.2 Å². The second-order valence-electron chi connectivity index (χ2n) is 6.39. The van der Waals surface area contributed by atoms with Crippen molar-refractivity contribution in [2.45, 2.75) is 32.7 Å². The molecule has 0 saturated heterocycles. The molecule has 25 heavy (non-hydrogen) atoms. The molecule has 2 aromatic rings. The second kappa shape index (κ2) is 7.80. The van der Waals surface area contributed by atoms with Crippen LogP contribution in [0.1, 0.15) is 39.7 Å². The average molecular weight is 358 g/mol. The van der Waals surface area contributed by atoms with Gasteiger partial charge < -0.3 is 16.0 Å². The lowest BCUT2D eigenvalue weighted by atomic mass is 10.0. The Hall–Kier alpha value is -2.18. The van der Waals surface area contributed by atoms with Gasteiger partial charge in [0.15, 0.2) is 0 Å². The minimum Gasteiger partial charge on any atom is -0.365 e. The number of aryl methyl sites for hydroxylation is 1. The number of benzene rings is 1. The normalized spacial score (nSPS) is 16.3. The van der Waals surface area contributed by atoms with E-state index in [4.69, 9.17) is 5.73 Å². The van der Waals surface area contributed by atoms with Crippen LogP contribution >= 0.6 is 11.3 Å². The number of quaternary nitrogens is 1. The highest BCUT2D eigenvalue weighted by atomic mass is 32.1. The summed E-state index contributed by atoms with van der Waals surface area (Å²) >= 11 is 1.51. The summed E-state index contributed by atoms with van der Waals surface area (Å²) in [5.41, 5.74) is 8.28. The number of rotatable bonds is 6. The molecule has 132 valence electrons. The van der Waals surface area contributed by atoms with Crippen molar-refractivity contribution in [2.75, 3.05) is 18.4 Å². The summed E-state index contributed by atoms with van der Waals surface area (Å²) in [5.74, 6) is -0.527. The third kappa shape index (κ3) is 4.08. The molecule has 0 saturated carbocycles. The van der Waals surface area contributed by atoms with Crippen LogP contribution in [0.5, 0.6) is 0 Å². The number of thiophene rings is 1. The van der Waals surface area contributed by atoms with Crippen LogP contribution in [0.2, 0.25) is 0 Å². The van der Waals surface area contributed by atoms with Crippen molar-refractivity contribution in [3.8, 4) is 0 Å². The van der Waals surface area contributed by atoms with Gasteiger partial charge in [-0.2, -0.15) is 0 Å². The van der Waals surface area contributed by atoms with E-state index in [0.29, 0.717) is 23.4 Å². The van der Waals surface area contributed by atoms with E-state index in [9.17, 15) is 9.59 Å². The van der Waals surface area contributed by atoms with Crippen LogP contribution in [0.15, 0.2) is 30.3 Å². The number of likely N-dealkylation sites (N-methyl/N-ethyl adjacent to an activating group) is 1. The first-order valence-corrected chi connectivity index (χ1v) is 9.51. The van der Waals surface area contributed by atoms with Gasteiger partial charge in [-0.1, -0.05) is 30.3 Å². The quantitative estimate of drug-likeness (QED) is 0.730. The highest BCUT2D eigenvalue weighted by molar-refractivity contribution is 7.17. The summed E-state index contributed by atoms with van der Waals surface area (Å²) < 4.78 is 0. The predicted octanol–water partition coefficient (Wildman–Crippen LogP) is 1.38. The van der Waals surface area contributed by atoms with E-state index in [1.165, 1.54) is 21.1 Å². The molecule has 1 unspecified atom stereocenters. The van der Waals surface area contributed by atoms with Crippen LogP contribution in [-0.4, -0.2) is 24.9 Å². The van der Waals surface area contributed by atoms with Gasteiger partial charge in [-0.15, -0.1) is 11.3 Å². The summed E-state index contributed by atoms with van der Waals surface area (Å²) in [5, 5.41) is 3.54. The molecule has 1 atom stereocenters. The maximum absolute atomic E-state index is 12.3. The molecule has 3 rings (SSSR count). The van der Waals surface area contributed by atoms with Gasteiger partial charge in [0.1, 0.15) is 11.5 Å². The SMILES string of the molecule is CC[NH+]1CCc2c(sc(NC(=O)CCc3ccccc3)c2C(N)=O)C1. The van der Waals surface area contributed by atoms with Crippen molar-refractivity contribution in [2.24, 2.45) is 5.73 Å². The van der Waals surface area contributed by atoms with E-state index in [1.807, 2.05) is 30.3 Å². The monoisotopic (exact) mass is 358 g/mol. The van der Waals surface area contributed by atoms with E-state index in [1.54, 1.807) is 0 Å². The van der Waals surface area contributed by atoms with Crippen LogP contribution in [0.3, 0.4) is 0 Å². The Balaban J connectivity index is 1.72. The van der Waals surface area contributed by atoms with E-state index in [2.05, 4.69) is 12.2 Å². The number of nitrogens with two attached hydrogens (primary N) is 1. The fourth-order valence-electron chi connectivity index (χ4n) is 3.28. The van der Waals surface area contributed by atoms with Crippen molar-refractivity contribution in [1.29, 1.82) is 0 Å². The number of nitrogens with one attached hydrogen (secondary N) is 2. The fraction of sp³-hybridized carbons (Fsp3) is 0.368. The lowest BCUT2D eigenvalue weighted by Crippen LogP contribution is -3.11. The van der Waals surface area contributed by atoms with Crippen molar-refractivity contribution in [1.82, 2.24) is 0 Å². The minimum absolute atomic E-state index is 0.0790. The average Bonchev–Trinajstić information content (AvgIpc) is 2.97. The molecule has 6 heteroatoms. The van der Waals surface area contributed by atoms with Gasteiger partial charge in [0, 0.05) is 12.8 Å². The molecule has 0 spiro atoms. The maximum atomic E-state index is 12.3. The molecule has 1 aliphatic heterocycles. The third-order valence-corrected chi connectivity index (χ3v) is 5.86. The van der Waals surface area contributed by atoms with Gasteiger partial charge in [0.25, 0.3) is 5.91 Å². The zero-order chi connectivity index (χ0) is 17.8. The van der Waals surface area contributed by atoms with E-state index < -0.39 is 5.91 Å². The molecule has 1 aliphatic rings. The third-order valence-electron chi connectivity index (χ3n) is 4.71. The Kier molecular flexibility index (Phi) is 5.50. The summed E-state index contributed by atoms with van der Waals surface area (Å²) in [4.78, 5) is 26.9. The highest BCUT2D eigenvalue weighted by Crippen LogP contribution is 2.34. The zero-order valence-electron chi connectivity index (χ0n) is 14.4. The largest absolute Gasteiger partial charge is 0.365 e. The first kappa shape index (κ1) is 17.6. The Bertz CT molecular complexity index is 770. The second-order valence-corrected chi connectivity index (χ2v) is 7.49. The Morgan fingerprint density at radius 1 is 1.28 bits per heavy atom. The first-order valence-electron chi connectivity index (χ1n) is 8.70. The fourth-order valence-corrected chi connectivity index (χ4v) is 4.62. The van der Waals surface area contributed by atoms with Crippen molar-refractivity contribution >= 4 is 28.2 Å². The summed E-state index contributed by atoms with van der Waals surface area (Å²) in [6.07, 6.45) is 1.90. The van der Waals surface area contributed by atoms with Crippen LogP contribution in [0, 0.1) is 0 Å². The highest BCUT2D eigenvalue weighted by Gasteiger charge is 2.28. The molecule has 0 aliphatic carbocycles. The predicted molar refractivity (Wildman–Crippen MR) is 100 cm³/mol. The lowest BCUT2D eigenvalue weighted by Gasteiger charge is -2.22. The Morgan fingerprint density at radius 3 is 2.72 bits per heavy atom. The lowest BCUT2D eigenvalue weighted by molar-refractivity contribution is -0.913. The summed E-state index contributed by atoms with van der Waals surface area (Å²) in [7, 11) is 0. The van der Waals surface area contributed by atoms with Gasteiger partial charge in [0.2, 0.25) is 5.91 Å². The van der Waals surface area contributed by atoms with Crippen LogP contribution in [0.25, 0.3) is 0 Å². The number of primary amides is 1. The number of anilines is 1. The molecular formula is C19H24N3O2S+. The van der Waals surface area contributed by atoms with E-state index in [0.717, 1.165) is 37.2 Å². The molecule has 1 aromatic heterocycles. The summed E-state index contributed by atoms with van der Waals surface area (Å²) in [6.45, 7) is 5.12. The number of carbonyl (C=O) groups excluding carboxylic acids is 2. The Labute approximate surface area is 151 Å². The summed E-state index contributed by atoms with van der Waals surface area (Å²) in [6, 6.07) is 9.91. The molecule has 0 bridgehead atoms. The van der Waals surface area contributed by atoms with E-state index >= 15 is 0 Å². The Morgan fingerprint density at radius 2 is 2.04 bits per heavy atom. The van der Waals surface area contributed by atoms with Crippen molar-refractivity contribution < 1.29 is 14.5 Å². The zero-order valence-corrected chi connectivity index (χ0v) is 15.2. The molecule has 2 amide bonds. The number of fused-ring (bicyclic) bond motifs is 1. The molecular weight excluding hydrogens is 334 g/mol. The number of carbonyl (C=O) groups is 2. The molecule has 1 aromatic carbocycles. The smallest absolute Gasteiger partial charge is 0.252 e. The first-order chi connectivity index (χ1) is 12.1. The molecule has 5 nitrogen and oxygen atoms in total. The van der Waals surface area contributed by atoms with E-state index in [-0.39, 0.29) is 5.91 Å². The number of hydrogen-bond donors (Lipinski definition) is 3. The number of amides is 2. The molecule has 0 fully saturated rings. The molecule has 4 N–H and O–H groups in total. The van der Waals surface area contributed by atoms with Gasteiger partial charge in [-0.05, 0) is 24.5 Å². The van der Waals surface area contributed by atoms with Crippen molar-refractivity contribution in [3.63, 3.8) is 0 Å². The molecule has 0 radical (unpaired) electrons. The van der Waals surface area contributed by atoms with Gasteiger partial charge in [0.05, 0.1) is 23.5 Å². The van der Waals surface area contributed by atoms with Crippen molar-refractivity contribution in [3.05, 3.63) is 51.9 Å². The topological polar surface area (TPSA) is 76.6 Å².